The highest BCUT2D eigenvalue weighted by molar-refractivity contribution is 6.06. The first-order valence-electron chi connectivity index (χ1n) is 9.10. The lowest BCUT2D eigenvalue weighted by molar-refractivity contribution is -0.127. The fourth-order valence-corrected chi connectivity index (χ4v) is 3.39. The number of benzene rings is 2. The van der Waals surface area contributed by atoms with Crippen LogP contribution >= 0.6 is 0 Å². The van der Waals surface area contributed by atoms with Crippen LogP contribution in [0.3, 0.4) is 0 Å². The van der Waals surface area contributed by atoms with Crippen LogP contribution in [0.2, 0.25) is 0 Å². The first-order valence-corrected chi connectivity index (χ1v) is 9.10. The molecule has 0 unspecified atom stereocenters. The molecule has 5 nitrogen and oxygen atoms in total. The van der Waals surface area contributed by atoms with Gasteiger partial charge in [-0.1, -0.05) is 48.5 Å². The molecule has 1 saturated heterocycles. The molecular formula is C22H21N3O2. The summed E-state index contributed by atoms with van der Waals surface area (Å²) in [5, 5.41) is 0.937. The second-order valence-electron chi connectivity index (χ2n) is 6.61. The molecule has 2 aromatic carbocycles. The molecule has 3 aromatic rings. The molecule has 0 bridgehead atoms. The van der Waals surface area contributed by atoms with Crippen LogP contribution in [0.1, 0.15) is 15.9 Å². The summed E-state index contributed by atoms with van der Waals surface area (Å²) in [6.07, 6.45) is 5.20. The SMILES string of the molecule is O=C(C=Cc1ccccc1)N1CCN(C(=O)c2c[nH]c3ccccc23)CC1. The molecule has 5 heteroatoms. The fraction of sp³-hybridized carbons (Fsp3) is 0.182. The number of fused-ring (bicyclic) bond motifs is 1. The average Bonchev–Trinajstić information content (AvgIpc) is 3.16. The molecule has 1 N–H and O–H groups in total. The number of aromatic nitrogens is 1. The number of nitrogens with one attached hydrogen (secondary N) is 1. The second kappa shape index (κ2) is 7.50. The van der Waals surface area contributed by atoms with Gasteiger partial charge in [-0.15, -0.1) is 0 Å². The molecule has 1 fully saturated rings. The molecular weight excluding hydrogens is 338 g/mol. The van der Waals surface area contributed by atoms with Crippen molar-refractivity contribution >= 4 is 28.8 Å². The molecule has 0 aliphatic carbocycles. The normalized spacial score (nSPS) is 14.8. The zero-order valence-electron chi connectivity index (χ0n) is 15.0. The quantitative estimate of drug-likeness (QED) is 0.731. The molecule has 0 atom stereocenters. The summed E-state index contributed by atoms with van der Waals surface area (Å²) in [6, 6.07) is 17.5. The zero-order chi connectivity index (χ0) is 18.6. The third kappa shape index (κ3) is 3.62. The fourth-order valence-electron chi connectivity index (χ4n) is 3.39. The zero-order valence-corrected chi connectivity index (χ0v) is 15.0. The van der Waals surface area contributed by atoms with Crippen molar-refractivity contribution in [3.63, 3.8) is 0 Å². The summed E-state index contributed by atoms with van der Waals surface area (Å²) in [5.41, 5.74) is 2.65. The average molecular weight is 359 g/mol. The Kier molecular flexibility index (Phi) is 4.75. The Balaban J connectivity index is 1.38. The number of H-pyrrole nitrogens is 1. The minimum absolute atomic E-state index is 0.0133. The Bertz CT molecular complexity index is 983. The lowest BCUT2D eigenvalue weighted by atomic mass is 10.1. The van der Waals surface area contributed by atoms with E-state index >= 15 is 0 Å². The van der Waals surface area contributed by atoms with Crippen molar-refractivity contribution in [3.05, 3.63) is 78.0 Å². The third-order valence-corrected chi connectivity index (χ3v) is 4.92. The topological polar surface area (TPSA) is 56.4 Å². The monoisotopic (exact) mass is 359 g/mol. The van der Waals surface area contributed by atoms with E-state index in [1.807, 2.05) is 65.6 Å². The number of para-hydroxylation sites is 1. The van der Waals surface area contributed by atoms with Crippen LogP contribution in [0.15, 0.2) is 66.9 Å². The predicted molar refractivity (Wildman–Crippen MR) is 106 cm³/mol. The third-order valence-electron chi connectivity index (χ3n) is 4.92. The van der Waals surface area contributed by atoms with E-state index in [4.69, 9.17) is 0 Å². The number of rotatable bonds is 3. The van der Waals surface area contributed by atoms with Gasteiger partial charge in [0.05, 0.1) is 5.56 Å². The van der Waals surface area contributed by atoms with Crippen LogP contribution in [0, 0.1) is 0 Å². The molecule has 1 aliphatic rings. The summed E-state index contributed by atoms with van der Waals surface area (Å²) in [5.74, 6) is -0.00239. The van der Waals surface area contributed by atoms with Gasteiger partial charge in [0, 0.05) is 49.4 Å². The standard InChI is InChI=1S/C22H21N3O2/c26-21(11-10-17-6-2-1-3-7-17)24-12-14-25(15-13-24)22(27)19-16-23-20-9-5-4-8-18(19)20/h1-11,16,23H,12-15H2. The first kappa shape index (κ1) is 17.1. The van der Waals surface area contributed by atoms with Gasteiger partial charge < -0.3 is 14.8 Å². The van der Waals surface area contributed by atoms with Crippen molar-refractivity contribution in [2.45, 2.75) is 0 Å². The van der Waals surface area contributed by atoms with Gasteiger partial charge in [0.25, 0.3) is 5.91 Å². The van der Waals surface area contributed by atoms with Crippen molar-refractivity contribution in [2.24, 2.45) is 0 Å². The summed E-state index contributed by atoms with van der Waals surface area (Å²) in [7, 11) is 0. The van der Waals surface area contributed by atoms with Crippen LogP contribution in [-0.4, -0.2) is 52.8 Å². The minimum atomic E-state index is -0.0157. The number of carbonyl (C=O) groups is 2. The minimum Gasteiger partial charge on any atom is -0.360 e. The van der Waals surface area contributed by atoms with Gasteiger partial charge >= 0.3 is 0 Å². The summed E-state index contributed by atoms with van der Waals surface area (Å²) in [6.45, 7) is 2.19. The van der Waals surface area contributed by atoms with Gasteiger partial charge in [0.15, 0.2) is 0 Å². The van der Waals surface area contributed by atoms with Crippen LogP contribution in [-0.2, 0) is 4.79 Å². The Morgan fingerprint density at radius 1 is 0.852 bits per heavy atom. The van der Waals surface area contributed by atoms with E-state index in [9.17, 15) is 9.59 Å². The lowest BCUT2D eigenvalue weighted by Gasteiger charge is -2.34. The Labute approximate surface area is 157 Å². The lowest BCUT2D eigenvalue weighted by Crippen LogP contribution is -2.50. The highest BCUT2D eigenvalue weighted by Crippen LogP contribution is 2.20. The van der Waals surface area contributed by atoms with Gasteiger partial charge in [-0.3, -0.25) is 9.59 Å². The molecule has 27 heavy (non-hydrogen) atoms. The van der Waals surface area contributed by atoms with Gasteiger partial charge in [-0.05, 0) is 17.7 Å². The maximum absolute atomic E-state index is 12.9. The number of aromatic amines is 1. The van der Waals surface area contributed by atoms with Crippen molar-refractivity contribution in [1.29, 1.82) is 0 Å². The summed E-state index contributed by atoms with van der Waals surface area (Å²) < 4.78 is 0. The van der Waals surface area contributed by atoms with E-state index < -0.39 is 0 Å². The summed E-state index contributed by atoms with van der Waals surface area (Å²) >= 11 is 0. The number of hydrogen-bond donors (Lipinski definition) is 1. The molecule has 0 radical (unpaired) electrons. The van der Waals surface area contributed by atoms with E-state index in [1.54, 1.807) is 17.2 Å². The smallest absolute Gasteiger partial charge is 0.256 e. The Morgan fingerprint density at radius 3 is 2.30 bits per heavy atom. The molecule has 0 spiro atoms. The van der Waals surface area contributed by atoms with E-state index in [0.717, 1.165) is 16.5 Å². The van der Waals surface area contributed by atoms with Crippen LogP contribution in [0.25, 0.3) is 17.0 Å². The van der Waals surface area contributed by atoms with Gasteiger partial charge in [0.2, 0.25) is 5.91 Å². The first-order chi connectivity index (χ1) is 13.2. The largest absolute Gasteiger partial charge is 0.360 e. The predicted octanol–water partition coefficient (Wildman–Crippen LogP) is 3.17. The van der Waals surface area contributed by atoms with Crippen molar-refractivity contribution in [2.75, 3.05) is 26.2 Å². The molecule has 2 heterocycles. The number of amides is 2. The van der Waals surface area contributed by atoms with Gasteiger partial charge in [-0.25, -0.2) is 0 Å². The number of carbonyl (C=O) groups excluding carboxylic acids is 2. The molecule has 136 valence electrons. The van der Waals surface area contributed by atoms with Crippen LogP contribution in [0.5, 0.6) is 0 Å². The van der Waals surface area contributed by atoms with Crippen molar-refractivity contribution in [3.8, 4) is 0 Å². The maximum atomic E-state index is 12.9. The second-order valence-corrected chi connectivity index (χ2v) is 6.61. The molecule has 1 aliphatic heterocycles. The van der Waals surface area contributed by atoms with E-state index in [1.165, 1.54) is 0 Å². The molecule has 0 saturated carbocycles. The Morgan fingerprint density at radius 2 is 1.52 bits per heavy atom. The van der Waals surface area contributed by atoms with Crippen LogP contribution < -0.4 is 0 Å². The van der Waals surface area contributed by atoms with E-state index in [0.29, 0.717) is 31.7 Å². The molecule has 1 aromatic heterocycles. The van der Waals surface area contributed by atoms with Gasteiger partial charge in [0.1, 0.15) is 0 Å². The molecule has 2 amide bonds. The highest BCUT2D eigenvalue weighted by atomic mass is 16.2. The molecule has 4 rings (SSSR count). The summed E-state index contributed by atoms with van der Waals surface area (Å²) in [4.78, 5) is 32.0. The number of nitrogens with zero attached hydrogens (tertiary/aromatic N) is 2. The van der Waals surface area contributed by atoms with E-state index in [2.05, 4.69) is 4.98 Å². The number of hydrogen-bond acceptors (Lipinski definition) is 2. The van der Waals surface area contributed by atoms with Crippen LogP contribution in [0.4, 0.5) is 0 Å². The Hall–Kier alpha value is -3.34. The van der Waals surface area contributed by atoms with Crippen molar-refractivity contribution < 1.29 is 9.59 Å². The maximum Gasteiger partial charge on any atom is 0.256 e. The van der Waals surface area contributed by atoms with Crippen molar-refractivity contribution in [1.82, 2.24) is 14.8 Å². The highest BCUT2D eigenvalue weighted by Gasteiger charge is 2.25. The van der Waals surface area contributed by atoms with Gasteiger partial charge in [-0.2, -0.15) is 0 Å². The number of piperazine rings is 1. The van der Waals surface area contributed by atoms with E-state index in [-0.39, 0.29) is 11.8 Å².